The zero-order chi connectivity index (χ0) is 12.1. The Kier molecular flexibility index (Phi) is 4.44. The molecule has 1 amide bonds. The zero-order valence-electron chi connectivity index (χ0n) is 9.14. The number of pyridine rings is 1. The van der Waals surface area contributed by atoms with Gasteiger partial charge in [-0.1, -0.05) is 15.9 Å². The third-order valence-electron chi connectivity index (χ3n) is 2.32. The van der Waals surface area contributed by atoms with Crippen molar-refractivity contribution in [3.05, 3.63) is 29.6 Å². The van der Waals surface area contributed by atoms with Crippen molar-refractivity contribution < 1.29 is 4.79 Å². The van der Waals surface area contributed by atoms with E-state index >= 15 is 0 Å². The van der Waals surface area contributed by atoms with E-state index in [-0.39, 0.29) is 11.9 Å². The summed E-state index contributed by atoms with van der Waals surface area (Å²) in [6.07, 6.45) is 1.40. The Bertz CT molecular complexity index is 410. The molecule has 4 nitrogen and oxygen atoms in total. The lowest BCUT2D eigenvalue weighted by molar-refractivity contribution is 0.0752. The van der Waals surface area contributed by atoms with Crippen LogP contribution in [0, 0.1) is 11.3 Å². The van der Waals surface area contributed by atoms with Gasteiger partial charge in [-0.25, -0.2) is 4.98 Å². The fourth-order valence-corrected chi connectivity index (χ4v) is 1.51. The average Bonchev–Trinajstić information content (AvgIpc) is 2.36. The van der Waals surface area contributed by atoms with E-state index < -0.39 is 0 Å². The topological polar surface area (TPSA) is 57.0 Å². The summed E-state index contributed by atoms with van der Waals surface area (Å²) in [6.45, 7) is 1.94. The number of aromatic nitrogens is 1. The van der Waals surface area contributed by atoms with E-state index in [2.05, 4.69) is 20.9 Å². The van der Waals surface area contributed by atoms with Crippen molar-refractivity contribution >= 4 is 21.8 Å². The van der Waals surface area contributed by atoms with Crippen molar-refractivity contribution in [2.24, 2.45) is 0 Å². The third kappa shape index (κ3) is 2.80. The van der Waals surface area contributed by atoms with Crippen LogP contribution in [0.5, 0.6) is 0 Å². The Balaban J connectivity index is 2.85. The highest BCUT2D eigenvalue weighted by molar-refractivity contribution is 9.09. The van der Waals surface area contributed by atoms with Gasteiger partial charge in [0.25, 0.3) is 5.91 Å². The normalized spacial score (nSPS) is 11.6. The Morgan fingerprint density at radius 3 is 2.81 bits per heavy atom. The van der Waals surface area contributed by atoms with Gasteiger partial charge in [0.2, 0.25) is 0 Å². The number of halogens is 1. The minimum Gasteiger partial charge on any atom is -0.337 e. The van der Waals surface area contributed by atoms with Gasteiger partial charge in [-0.3, -0.25) is 4.79 Å². The summed E-state index contributed by atoms with van der Waals surface area (Å²) < 4.78 is 0. The van der Waals surface area contributed by atoms with Crippen LogP contribution in [0.2, 0.25) is 0 Å². The van der Waals surface area contributed by atoms with E-state index in [0.717, 1.165) is 0 Å². The molecule has 1 aromatic rings. The number of alkyl halides is 1. The van der Waals surface area contributed by atoms with E-state index in [1.807, 2.05) is 13.0 Å². The fourth-order valence-electron chi connectivity index (χ4n) is 1.07. The highest BCUT2D eigenvalue weighted by Gasteiger charge is 2.17. The lowest BCUT2D eigenvalue weighted by atomic mass is 10.2. The monoisotopic (exact) mass is 281 g/mol. The molecular formula is C11H12BrN3O. The molecule has 0 N–H and O–H groups in total. The summed E-state index contributed by atoms with van der Waals surface area (Å²) in [5.74, 6) is -0.142. The van der Waals surface area contributed by atoms with E-state index in [1.54, 1.807) is 24.1 Å². The fraction of sp³-hybridized carbons (Fsp3) is 0.364. The standard InChI is InChI=1S/C11H12BrN3O/c1-8(5-12)15(2)11(16)10-4-3-9(6-13)7-14-10/h3-4,7-8H,5H2,1-2H3. The molecule has 1 rings (SSSR count). The predicted octanol–water partition coefficient (Wildman–Crippen LogP) is 1.81. The SMILES string of the molecule is CC(CBr)N(C)C(=O)c1ccc(C#N)cn1. The van der Waals surface area contributed by atoms with Crippen molar-refractivity contribution in [2.75, 3.05) is 12.4 Å². The molecule has 0 radical (unpaired) electrons. The number of hydrogen-bond donors (Lipinski definition) is 0. The highest BCUT2D eigenvalue weighted by Crippen LogP contribution is 2.06. The van der Waals surface area contributed by atoms with E-state index in [9.17, 15) is 4.79 Å². The maximum absolute atomic E-state index is 11.9. The smallest absolute Gasteiger partial charge is 0.272 e. The molecule has 0 bridgehead atoms. The number of nitriles is 1. The summed E-state index contributed by atoms with van der Waals surface area (Å²) in [7, 11) is 1.73. The van der Waals surface area contributed by atoms with Gasteiger partial charge in [-0.15, -0.1) is 0 Å². The molecule has 0 aliphatic heterocycles. The predicted molar refractivity (Wildman–Crippen MR) is 64.3 cm³/mol. The molecular weight excluding hydrogens is 270 g/mol. The molecule has 84 valence electrons. The highest BCUT2D eigenvalue weighted by atomic mass is 79.9. The summed E-state index contributed by atoms with van der Waals surface area (Å²) >= 11 is 3.32. The number of nitrogens with zero attached hydrogens (tertiary/aromatic N) is 3. The van der Waals surface area contributed by atoms with Crippen LogP contribution < -0.4 is 0 Å². The van der Waals surface area contributed by atoms with Crippen LogP contribution in [0.1, 0.15) is 23.0 Å². The first kappa shape index (κ1) is 12.7. The molecule has 1 unspecified atom stereocenters. The van der Waals surface area contributed by atoms with Crippen LogP contribution in [0.25, 0.3) is 0 Å². The number of carbonyl (C=O) groups excluding carboxylic acids is 1. The van der Waals surface area contributed by atoms with Gasteiger partial charge < -0.3 is 4.90 Å². The number of amides is 1. The van der Waals surface area contributed by atoms with Gasteiger partial charge in [0, 0.05) is 24.6 Å². The van der Waals surface area contributed by atoms with Gasteiger partial charge in [0.15, 0.2) is 0 Å². The van der Waals surface area contributed by atoms with E-state index in [4.69, 9.17) is 5.26 Å². The van der Waals surface area contributed by atoms with Gasteiger partial charge in [-0.05, 0) is 19.1 Å². The molecule has 1 atom stereocenters. The van der Waals surface area contributed by atoms with Gasteiger partial charge in [0.05, 0.1) is 5.56 Å². The van der Waals surface area contributed by atoms with E-state index in [1.165, 1.54) is 6.20 Å². The summed E-state index contributed by atoms with van der Waals surface area (Å²) in [5.41, 5.74) is 0.807. The molecule has 5 heteroatoms. The van der Waals surface area contributed by atoms with Crippen LogP contribution in [0.4, 0.5) is 0 Å². The molecule has 1 heterocycles. The second-order valence-corrected chi connectivity index (χ2v) is 4.11. The van der Waals surface area contributed by atoms with Crippen LogP contribution in [-0.2, 0) is 0 Å². The van der Waals surface area contributed by atoms with Crippen molar-refractivity contribution in [1.29, 1.82) is 5.26 Å². The molecule has 16 heavy (non-hydrogen) atoms. The Labute approximate surface area is 103 Å². The molecule has 0 aromatic carbocycles. The molecule has 0 fully saturated rings. The minimum atomic E-state index is -0.142. The average molecular weight is 282 g/mol. The maximum atomic E-state index is 11.9. The summed E-state index contributed by atoms with van der Waals surface area (Å²) in [6, 6.07) is 5.22. The molecule has 1 aromatic heterocycles. The van der Waals surface area contributed by atoms with Gasteiger partial charge in [-0.2, -0.15) is 5.26 Å². The van der Waals surface area contributed by atoms with Gasteiger partial charge in [0.1, 0.15) is 11.8 Å². The Hall–Kier alpha value is -1.41. The summed E-state index contributed by atoms with van der Waals surface area (Å²) in [4.78, 5) is 17.5. The zero-order valence-corrected chi connectivity index (χ0v) is 10.7. The van der Waals surface area contributed by atoms with Crippen LogP contribution in [-0.4, -0.2) is 34.2 Å². The van der Waals surface area contributed by atoms with Crippen molar-refractivity contribution in [3.8, 4) is 6.07 Å². The molecule has 0 saturated heterocycles. The lowest BCUT2D eigenvalue weighted by Crippen LogP contribution is -2.36. The molecule has 0 spiro atoms. The van der Waals surface area contributed by atoms with E-state index in [0.29, 0.717) is 16.6 Å². The Morgan fingerprint density at radius 2 is 2.38 bits per heavy atom. The first-order valence-electron chi connectivity index (χ1n) is 4.79. The summed E-state index contributed by atoms with van der Waals surface area (Å²) in [5, 5.41) is 9.32. The quantitative estimate of drug-likeness (QED) is 0.794. The van der Waals surface area contributed by atoms with Crippen molar-refractivity contribution in [2.45, 2.75) is 13.0 Å². The number of carbonyl (C=O) groups is 1. The molecule has 0 aliphatic rings. The minimum absolute atomic E-state index is 0.102. The second-order valence-electron chi connectivity index (χ2n) is 3.46. The van der Waals surface area contributed by atoms with Crippen LogP contribution in [0.3, 0.4) is 0 Å². The third-order valence-corrected chi connectivity index (χ3v) is 3.25. The van der Waals surface area contributed by atoms with Crippen molar-refractivity contribution in [1.82, 2.24) is 9.88 Å². The van der Waals surface area contributed by atoms with Gasteiger partial charge >= 0.3 is 0 Å². The molecule has 0 aliphatic carbocycles. The molecule has 0 saturated carbocycles. The van der Waals surface area contributed by atoms with Crippen molar-refractivity contribution in [3.63, 3.8) is 0 Å². The Morgan fingerprint density at radius 1 is 1.69 bits per heavy atom. The largest absolute Gasteiger partial charge is 0.337 e. The maximum Gasteiger partial charge on any atom is 0.272 e. The first-order chi connectivity index (χ1) is 7.60. The van der Waals surface area contributed by atoms with Crippen LogP contribution in [0.15, 0.2) is 18.3 Å². The second kappa shape index (κ2) is 5.61. The number of hydrogen-bond acceptors (Lipinski definition) is 3. The lowest BCUT2D eigenvalue weighted by Gasteiger charge is -2.22. The van der Waals surface area contributed by atoms with Crippen LogP contribution >= 0.6 is 15.9 Å². The first-order valence-corrected chi connectivity index (χ1v) is 5.91. The number of rotatable bonds is 3.